The predicted octanol–water partition coefficient (Wildman–Crippen LogP) is 2.27. The van der Waals surface area contributed by atoms with Crippen molar-refractivity contribution in [2.24, 2.45) is 0 Å². The summed E-state index contributed by atoms with van der Waals surface area (Å²) in [5, 5.41) is 13.2. The third kappa shape index (κ3) is 4.73. The molecule has 0 rings (SSSR count). The summed E-state index contributed by atoms with van der Waals surface area (Å²) in [5.74, 6) is 0. The van der Waals surface area contributed by atoms with E-state index in [0.29, 0.717) is 0 Å². The monoisotopic (exact) mass is 173 g/mol. The first-order valence-corrected chi connectivity index (χ1v) is 5.16. The molecule has 2 heteroatoms. The summed E-state index contributed by atoms with van der Waals surface area (Å²) >= 11 is 0. The molecule has 1 unspecified atom stereocenters. The molecule has 0 heterocycles. The van der Waals surface area contributed by atoms with Gasteiger partial charge in [0.25, 0.3) is 0 Å². The lowest BCUT2D eigenvalue weighted by molar-refractivity contribution is -0.0118. The Kier molecular flexibility index (Phi) is 6.39. The first-order chi connectivity index (χ1) is 5.68. The van der Waals surface area contributed by atoms with Gasteiger partial charge in [0.2, 0.25) is 0 Å². The molecule has 2 N–H and O–H groups in total. The van der Waals surface area contributed by atoms with Crippen LogP contribution in [-0.2, 0) is 0 Å². The van der Waals surface area contributed by atoms with E-state index in [2.05, 4.69) is 19.2 Å². The topological polar surface area (TPSA) is 32.3 Å². The van der Waals surface area contributed by atoms with E-state index >= 15 is 0 Å². The quantitative estimate of drug-likeness (QED) is 0.579. The van der Waals surface area contributed by atoms with E-state index in [9.17, 15) is 5.11 Å². The maximum Gasteiger partial charge on any atom is 0.116 e. The molecular formula is C10H23NO. The molecule has 1 atom stereocenters. The van der Waals surface area contributed by atoms with Crippen LogP contribution >= 0.6 is 0 Å². The van der Waals surface area contributed by atoms with Crippen molar-refractivity contribution in [1.82, 2.24) is 5.32 Å². The Morgan fingerprint density at radius 3 is 2.17 bits per heavy atom. The van der Waals surface area contributed by atoms with Crippen LogP contribution in [0.25, 0.3) is 0 Å². The molecule has 0 bridgehead atoms. The van der Waals surface area contributed by atoms with E-state index in [4.69, 9.17) is 0 Å². The SMILES string of the molecule is CCCCC(O)(CCC)NCC. The van der Waals surface area contributed by atoms with Crippen LogP contribution in [0.4, 0.5) is 0 Å². The summed E-state index contributed by atoms with van der Waals surface area (Å²) in [6, 6.07) is 0. The lowest BCUT2D eigenvalue weighted by atomic mass is 10.0. The van der Waals surface area contributed by atoms with Gasteiger partial charge in [0.1, 0.15) is 5.72 Å². The number of rotatable bonds is 7. The van der Waals surface area contributed by atoms with Crippen LogP contribution in [0.3, 0.4) is 0 Å². The zero-order chi connectivity index (χ0) is 9.45. The Morgan fingerprint density at radius 1 is 1.08 bits per heavy atom. The van der Waals surface area contributed by atoms with Crippen LogP contribution in [0.5, 0.6) is 0 Å². The van der Waals surface area contributed by atoms with E-state index < -0.39 is 5.72 Å². The van der Waals surface area contributed by atoms with E-state index in [1.807, 2.05) is 6.92 Å². The second-order valence-corrected chi connectivity index (χ2v) is 3.42. The van der Waals surface area contributed by atoms with Gasteiger partial charge in [-0.05, 0) is 25.8 Å². The van der Waals surface area contributed by atoms with E-state index in [1.54, 1.807) is 0 Å². The molecule has 0 aromatic heterocycles. The highest BCUT2D eigenvalue weighted by molar-refractivity contribution is 4.73. The normalized spacial score (nSPS) is 16.0. The van der Waals surface area contributed by atoms with Gasteiger partial charge in [0.15, 0.2) is 0 Å². The minimum atomic E-state index is -0.598. The van der Waals surface area contributed by atoms with Crippen molar-refractivity contribution in [2.45, 2.75) is 58.6 Å². The van der Waals surface area contributed by atoms with Gasteiger partial charge in [-0.25, -0.2) is 0 Å². The summed E-state index contributed by atoms with van der Waals surface area (Å²) in [6.45, 7) is 7.14. The van der Waals surface area contributed by atoms with Crippen molar-refractivity contribution in [2.75, 3.05) is 6.54 Å². The molecule has 0 aromatic carbocycles. The molecule has 0 amide bonds. The van der Waals surface area contributed by atoms with E-state index in [1.165, 1.54) is 0 Å². The van der Waals surface area contributed by atoms with Crippen LogP contribution in [0.2, 0.25) is 0 Å². The average Bonchev–Trinajstić information content (AvgIpc) is 2.02. The van der Waals surface area contributed by atoms with Crippen LogP contribution in [0.1, 0.15) is 52.9 Å². The van der Waals surface area contributed by atoms with Gasteiger partial charge in [-0.1, -0.05) is 33.6 Å². The summed E-state index contributed by atoms with van der Waals surface area (Å²) < 4.78 is 0. The van der Waals surface area contributed by atoms with Crippen LogP contribution in [-0.4, -0.2) is 17.4 Å². The largest absolute Gasteiger partial charge is 0.376 e. The fourth-order valence-corrected chi connectivity index (χ4v) is 1.51. The van der Waals surface area contributed by atoms with Gasteiger partial charge in [0, 0.05) is 0 Å². The highest BCUT2D eigenvalue weighted by Gasteiger charge is 2.22. The molecule has 0 aromatic rings. The number of hydrogen-bond donors (Lipinski definition) is 2. The molecule has 0 fully saturated rings. The Labute approximate surface area is 76.4 Å². The minimum Gasteiger partial charge on any atom is -0.376 e. The van der Waals surface area contributed by atoms with E-state index in [-0.39, 0.29) is 0 Å². The zero-order valence-corrected chi connectivity index (χ0v) is 8.69. The van der Waals surface area contributed by atoms with Crippen LogP contribution in [0.15, 0.2) is 0 Å². The first kappa shape index (κ1) is 11.9. The molecule has 12 heavy (non-hydrogen) atoms. The van der Waals surface area contributed by atoms with Gasteiger partial charge in [0.05, 0.1) is 0 Å². The average molecular weight is 173 g/mol. The summed E-state index contributed by atoms with van der Waals surface area (Å²) in [7, 11) is 0. The van der Waals surface area contributed by atoms with Crippen LogP contribution < -0.4 is 5.32 Å². The van der Waals surface area contributed by atoms with Crippen molar-refractivity contribution in [3.63, 3.8) is 0 Å². The highest BCUT2D eigenvalue weighted by Crippen LogP contribution is 2.16. The summed E-state index contributed by atoms with van der Waals surface area (Å²) in [5.41, 5.74) is -0.598. The summed E-state index contributed by atoms with van der Waals surface area (Å²) in [4.78, 5) is 0. The standard InChI is InChI=1S/C10H23NO/c1-4-7-9-10(12,8-5-2)11-6-3/h11-12H,4-9H2,1-3H3. The molecular weight excluding hydrogens is 150 g/mol. The predicted molar refractivity (Wildman–Crippen MR) is 53.1 cm³/mol. The Balaban J connectivity index is 3.80. The molecule has 0 spiro atoms. The molecule has 2 nitrogen and oxygen atoms in total. The van der Waals surface area contributed by atoms with Crippen molar-refractivity contribution in [1.29, 1.82) is 0 Å². The number of unbranched alkanes of at least 4 members (excludes halogenated alkanes) is 1. The van der Waals surface area contributed by atoms with E-state index in [0.717, 1.165) is 38.6 Å². The third-order valence-corrected chi connectivity index (χ3v) is 2.11. The fraction of sp³-hybridized carbons (Fsp3) is 1.00. The lowest BCUT2D eigenvalue weighted by Gasteiger charge is -2.28. The van der Waals surface area contributed by atoms with Gasteiger partial charge >= 0.3 is 0 Å². The van der Waals surface area contributed by atoms with Crippen molar-refractivity contribution < 1.29 is 5.11 Å². The third-order valence-electron chi connectivity index (χ3n) is 2.11. The molecule has 0 saturated carbocycles. The summed E-state index contributed by atoms with van der Waals surface area (Å²) in [6.07, 6.45) is 5.03. The van der Waals surface area contributed by atoms with Crippen LogP contribution in [0, 0.1) is 0 Å². The Bertz CT molecular complexity index is 98.0. The number of nitrogens with one attached hydrogen (secondary N) is 1. The van der Waals surface area contributed by atoms with Gasteiger partial charge < -0.3 is 5.11 Å². The zero-order valence-electron chi connectivity index (χ0n) is 8.69. The lowest BCUT2D eigenvalue weighted by Crippen LogP contribution is -2.44. The van der Waals surface area contributed by atoms with Gasteiger partial charge in [-0.3, -0.25) is 5.32 Å². The molecule has 74 valence electrons. The highest BCUT2D eigenvalue weighted by atomic mass is 16.3. The minimum absolute atomic E-state index is 0.598. The Morgan fingerprint density at radius 2 is 1.75 bits per heavy atom. The van der Waals surface area contributed by atoms with Gasteiger partial charge in [-0.15, -0.1) is 0 Å². The second-order valence-electron chi connectivity index (χ2n) is 3.42. The maximum atomic E-state index is 10.0. The molecule has 0 aliphatic rings. The van der Waals surface area contributed by atoms with Crippen molar-refractivity contribution in [3.8, 4) is 0 Å². The number of aliphatic hydroxyl groups is 1. The molecule has 0 aliphatic heterocycles. The van der Waals surface area contributed by atoms with Crippen molar-refractivity contribution >= 4 is 0 Å². The second kappa shape index (κ2) is 6.44. The maximum absolute atomic E-state index is 10.0. The first-order valence-electron chi connectivity index (χ1n) is 5.16. The van der Waals surface area contributed by atoms with Crippen molar-refractivity contribution in [3.05, 3.63) is 0 Å². The number of hydrogen-bond acceptors (Lipinski definition) is 2. The Hall–Kier alpha value is -0.0800. The molecule has 0 radical (unpaired) electrons. The fourth-order valence-electron chi connectivity index (χ4n) is 1.51. The van der Waals surface area contributed by atoms with Gasteiger partial charge in [-0.2, -0.15) is 0 Å². The molecule has 0 aliphatic carbocycles. The smallest absolute Gasteiger partial charge is 0.116 e. The molecule has 0 saturated heterocycles.